The molecule has 0 saturated heterocycles. The molecule has 2 aromatic rings. The first-order valence-electron chi connectivity index (χ1n) is 4.78. The Labute approximate surface area is 107 Å². The maximum atomic E-state index is 5.93. The molecule has 3 nitrogen and oxygen atoms in total. The van der Waals surface area contributed by atoms with Crippen molar-refractivity contribution in [2.45, 2.75) is 11.9 Å². The van der Waals surface area contributed by atoms with Crippen LogP contribution in [0.25, 0.3) is 5.69 Å². The first-order chi connectivity index (χ1) is 7.61. The summed E-state index contributed by atoms with van der Waals surface area (Å²) in [7, 11) is 0. The van der Waals surface area contributed by atoms with Crippen molar-refractivity contribution in [3.05, 3.63) is 34.3 Å². The van der Waals surface area contributed by atoms with Gasteiger partial charge < -0.3 is 5.73 Å². The first kappa shape index (κ1) is 11.5. The number of aromatic nitrogens is 2. The lowest BCUT2D eigenvalue weighted by atomic mass is 10.2. The van der Waals surface area contributed by atoms with Crippen LogP contribution in [0.4, 0.5) is 5.82 Å². The maximum Gasteiger partial charge on any atom is 0.128 e. The predicted octanol–water partition coefficient (Wildman–Crippen LogP) is 3.25. The molecule has 0 aliphatic heterocycles. The zero-order chi connectivity index (χ0) is 11.7. The standard InChI is InChI=1S/C11H12BrN3S/c1-7-5-8(12)3-4-9(7)15-10(13)6-11(14-15)16-2/h3-6H,13H2,1-2H3. The number of anilines is 1. The lowest BCUT2D eigenvalue weighted by Gasteiger charge is -2.07. The quantitative estimate of drug-likeness (QED) is 0.866. The molecule has 0 amide bonds. The van der Waals surface area contributed by atoms with Crippen molar-refractivity contribution in [1.82, 2.24) is 9.78 Å². The Morgan fingerprint density at radius 2 is 2.12 bits per heavy atom. The molecule has 0 saturated carbocycles. The van der Waals surface area contributed by atoms with E-state index < -0.39 is 0 Å². The van der Waals surface area contributed by atoms with Gasteiger partial charge in [0.15, 0.2) is 0 Å². The summed E-state index contributed by atoms with van der Waals surface area (Å²) in [5.74, 6) is 0.662. The molecule has 0 atom stereocenters. The van der Waals surface area contributed by atoms with Crippen molar-refractivity contribution in [3.63, 3.8) is 0 Å². The number of rotatable bonds is 2. The van der Waals surface area contributed by atoms with E-state index in [0.717, 1.165) is 20.7 Å². The van der Waals surface area contributed by atoms with E-state index in [9.17, 15) is 0 Å². The molecule has 2 rings (SSSR count). The number of benzene rings is 1. The lowest BCUT2D eigenvalue weighted by molar-refractivity contribution is 0.840. The number of nitrogens with two attached hydrogens (primary N) is 1. The summed E-state index contributed by atoms with van der Waals surface area (Å²) >= 11 is 5.03. The van der Waals surface area contributed by atoms with Gasteiger partial charge in [-0.2, -0.15) is 5.10 Å². The molecule has 0 aliphatic carbocycles. The summed E-state index contributed by atoms with van der Waals surface area (Å²) in [4.78, 5) is 0. The van der Waals surface area contributed by atoms with E-state index >= 15 is 0 Å². The van der Waals surface area contributed by atoms with Gasteiger partial charge in [-0.25, -0.2) is 4.68 Å². The third-order valence-electron chi connectivity index (χ3n) is 2.31. The van der Waals surface area contributed by atoms with Crippen LogP contribution in [0.15, 0.2) is 33.8 Å². The van der Waals surface area contributed by atoms with Gasteiger partial charge in [0.25, 0.3) is 0 Å². The molecule has 1 aromatic heterocycles. The molecule has 0 radical (unpaired) electrons. The van der Waals surface area contributed by atoms with Crippen LogP contribution < -0.4 is 5.73 Å². The number of nitrogens with zero attached hydrogens (tertiary/aromatic N) is 2. The fourth-order valence-corrected chi connectivity index (χ4v) is 2.40. The van der Waals surface area contributed by atoms with Crippen molar-refractivity contribution in [2.75, 3.05) is 12.0 Å². The molecule has 0 fully saturated rings. The SMILES string of the molecule is CSc1cc(N)n(-c2ccc(Br)cc2C)n1. The molecule has 5 heteroatoms. The number of halogens is 1. The molecule has 1 aromatic carbocycles. The molecule has 0 aliphatic rings. The van der Waals surface area contributed by atoms with Gasteiger partial charge in [-0.15, -0.1) is 11.8 Å². The Bertz CT molecular complexity index is 522. The summed E-state index contributed by atoms with van der Waals surface area (Å²) in [6.07, 6.45) is 1.99. The lowest BCUT2D eigenvalue weighted by Crippen LogP contribution is -2.03. The molecular formula is C11H12BrN3S. The molecule has 2 N–H and O–H groups in total. The number of hydrogen-bond donors (Lipinski definition) is 1. The summed E-state index contributed by atoms with van der Waals surface area (Å²) in [6, 6.07) is 7.93. The Morgan fingerprint density at radius 1 is 1.38 bits per heavy atom. The smallest absolute Gasteiger partial charge is 0.128 e. The largest absolute Gasteiger partial charge is 0.384 e. The van der Waals surface area contributed by atoms with Gasteiger partial charge in [0.05, 0.1) is 5.69 Å². The van der Waals surface area contributed by atoms with Crippen molar-refractivity contribution in [3.8, 4) is 5.69 Å². The van der Waals surface area contributed by atoms with Crippen LogP contribution >= 0.6 is 27.7 Å². The monoisotopic (exact) mass is 297 g/mol. The van der Waals surface area contributed by atoms with E-state index in [-0.39, 0.29) is 0 Å². The maximum absolute atomic E-state index is 5.93. The Hall–Kier alpha value is -0.940. The van der Waals surface area contributed by atoms with Crippen molar-refractivity contribution >= 4 is 33.5 Å². The number of thioether (sulfide) groups is 1. The van der Waals surface area contributed by atoms with Crippen molar-refractivity contribution < 1.29 is 0 Å². The van der Waals surface area contributed by atoms with Crippen LogP contribution in [0.1, 0.15) is 5.56 Å². The molecule has 84 valence electrons. The zero-order valence-corrected chi connectivity index (χ0v) is 11.5. The van der Waals surface area contributed by atoms with Gasteiger partial charge in [0.2, 0.25) is 0 Å². The second kappa shape index (κ2) is 4.51. The summed E-state index contributed by atoms with van der Waals surface area (Å²) in [5, 5.41) is 5.36. The van der Waals surface area contributed by atoms with Crippen LogP contribution in [-0.4, -0.2) is 16.0 Å². The molecule has 1 heterocycles. The average molecular weight is 298 g/mol. The Balaban J connectivity index is 2.53. The van der Waals surface area contributed by atoms with E-state index in [1.807, 2.05) is 31.4 Å². The first-order valence-corrected chi connectivity index (χ1v) is 6.79. The highest BCUT2D eigenvalue weighted by Crippen LogP contribution is 2.24. The molecule has 0 unspecified atom stereocenters. The summed E-state index contributed by atoms with van der Waals surface area (Å²) < 4.78 is 2.83. The highest BCUT2D eigenvalue weighted by molar-refractivity contribution is 9.10. The number of aryl methyl sites for hydroxylation is 1. The van der Waals surface area contributed by atoms with Crippen LogP contribution in [0, 0.1) is 6.92 Å². The Kier molecular flexibility index (Phi) is 3.25. The third kappa shape index (κ3) is 2.10. The fraction of sp³-hybridized carbons (Fsp3) is 0.182. The van der Waals surface area contributed by atoms with Crippen LogP contribution in [0.3, 0.4) is 0 Å². The van der Waals surface area contributed by atoms with E-state index in [1.165, 1.54) is 0 Å². The number of hydrogen-bond acceptors (Lipinski definition) is 3. The van der Waals surface area contributed by atoms with E-state index in [0.29, 0.717) is 5.82 Å². The van der Waals surface area contributed by atoms with Crippen LogP contribution in [0.2, 0.25) is 0 Å². The molecule has 0 bridgehead atoms. The van der Waals surface area contributed by atoms with Gasteiger partial charge in [-0.05, 0) is 36.9 Å². The topological polar surface area (TPSA) is 43.8 Å². The third-order valence-corrected chi connectivity index (χ3v) is 3.42. The molecular weight excluding hydrogens is 286 g/mol. The van der Waals surface area contributed by atoms with Crippen LogP contribution in [0.5, 0.6) is 0 Å². The van der Waals surface area contributed by atoms with Crippen LogP contribution in [-0.2, 0) is 0 Å². The van der Waals surface area contributed by atoms with Gasteiger partial charge >= 0.3 is 0 Å². The van der Waals surface area contributed by atoms with Crippen molar-refractivity contribution in [1.29, 1.82) is 0 Å². The predicted molar refractivity (Wildman–Crippen MR) is 72.2 cm³/mol. The van der Waals surface area contributed by atoms with Gasteiger partial charge in [-0.1, -0.05) is 15.9 Å². The summed E-state index contributed by atoms with van der Waals surface area (Å²) in [5.41, 5.74) is 8.08. The zero-order valence-electron chi connectivity index (χ0n) is 9.07. The minimum Gasteiger partial charge on any atom is -0.384 e. The van der Waals surface area contributed by atoms with Crippen molar-refractivity contribution in [2.24, 2.45) is 0 Å². The second-order valence-electron chi connectivity index (χ2n) is 3.45. The van der Waals surface area contributed by atoms with E-state index in [2.05, 4.69) is 27.1 Å². The highest BCUT2D eigenvalue weighted by atomic mass is 79.9. The second-order valence-corrected chi connectivity index (χ2v) is 5.20. The van der Waals surface area contributed by atoms with E-state index in [4.69, 9.17) is 5.73 Å². The Morgan fingerprint density at radius 3 is 2.69 bits per heavy atom. The molecule has 0 spiro atoms. The highest BCUT2D eigenvalue weighted by Gasteiger charge is 2.08. The fourth-order valence-electron chi connectivity index (χ4n) is 1.52. The summed E-state index contributed by atoms with van der Waals surface area (Å²) in [6.45, 7) is 2.04. The normalized spacial score (nSPS) is 10.7. The average Bonchev–Trinajstić information content (AvgIpc) is 2.60. The molecule has 16 heavy (non-hydrogen) atoms. The van der Waals surface area contributed by atoms with Gasteiger partial charge in [0, 0.05) is 10.5 Å². The van der Waals surface area contributed by atoms with Gasteiger partial charge in [0.1, 0.15) is 10.8 Å². The minimum atomic E-state index is 0.662. The van der Waals surface area contributed by atoms with E-state index in [1.54, 1.807) is 16.4 Å². The number of nitrogen functional groups attached to an aromatic ring is 1. The minimum absolute atomic E-state index is 0.662. The van der Waals surface area contributed by atoms with Gasteiger partial charge in [-0.3, -0.25) is 0 Å².